The quantitative estimate of drug-likeness (QED) is 0.406. The number of rotatable bonds is 3. The normalized spacial score (nSPS) is 15.4. The van der Waals surface area contributed by atoms with Gasteiger partial charge >= 0.3 is 5.63 Å². The maximum Gasteiger partial charge on any atom is 0.336 e. The zero-order chi connectivity index (χ0) is 18.9. The van der Waals surface area contributed by atoms with Crippen LogP contribution in [0.4, 0.5) is 5.82 Å². The molecular formula is C23H21N3O2. The summed E-state index contributed by atoms with van der Waals surface area (Å²) >= 11 is 0. The molecule has 2 aromatic carbocycles. The topological polar surface area (TPSA) is 49.6 Å². The standard InChI is InChI=1S/C23H21N3O2/c27-22-15-18(23-19-6-2-1-5-17(19)8-9-20(23)28-22)16-25-11-13-26(14-12-25)21-7-3-4-10-24-21/h1-10,15H,11-14,16H2. The van der Waals surface area contributed by atoms with E-state index in [1.807, 2.05) is 42.6 Å². The van der Waals surface area contributed by atoms with E-state index in [2.05, 4.69) is 33.0 Å². The number of aromatic nitrogens is 1. The minimum Gasteiger partial charge on any atom is -0.423 e. The second-order valence-electron chi connectivity index (χ2n) is 7.20. The van der Waals surface area contributed by atoms with Crippen LogP contribution >= 0.6 is 0 Å². The third-order valence-corrected chi connectivity index (χ3v) is 5.45. The summed E-state index contributed by atoms with van der Waals surface area (Å²) in [6, 6.07) is 19.8. The lowest BCUT2D eigenvalue weighted by molar-refractivity contribution is 0.250. The zero-order valence-electron chi connectivity index (χ0n) is 15.5. The summed E-state index contributed by atoms with van der Waals surface area (Å²) in [6.07, 6.45) is 1.84. The number of benzene rings is 2. The van der Waals surface area contributed by atoms with Gasteiger partial charge in [-0.15, -0.1) is 0 Å². The Morgan fingerprint density at radius 3 is 2.57 bits per heavy atom. The SMILES string of the molecule is O=c1cc(CN2CCN(c3ccccn3)CC2)c2c(ccc3ccccc32)o1. The fourth-order valence-electron chi connectivity index (χ4n) is 4.06. The summed E-state index contributed by atoms with van der Waals surface area (Å²) in [4.78, 5) is 21.3. The van der Waals surface area contributed by atoms with Crippen LogP contribution in [0.15, 0.2) is 76.1 Å². The van der Waals surface area contributed by atoms with Crippen LogP contribution in [-0.2, 0) is 6.54 Å². The molecule has 0 atom stereocenters. The smallest absolute Gasteiger partial charge is 0.336 e. The number of hydrogen-bond donors (Lipinski definition) is 0. The van der Waals surface area contributed by atoms with Crippen molar-refractivity contribution in [2.24, 2.45) is 0 Å². The molecule has 4 aromatic rings. The lowest BCUT2D eigenvalue weighted by Gasteiger charge is -2.35. The van der Waals surface area contributed by atoms with Crippen LogP contribution in [0.5, 0.6) is 0 Å². The van der Waals surface area contributed by atoms with E-state index < -0.39 is 0 Å². The van der Waals surface area contributed by atoms with Gasteiger partial charge in [0.2, 0.25) is 0 Å². The van der Waals surface area contributed by atoms with Crippen molar-refractivity contribution in [3.05, 3.63) is 82.8 Å². The van der Waals surface area contributed by atoms with Gasteiger partial charge in [0, 0.05) is 50.4 Å². The zero-order valence-corrected chi connectivity index (χ0v) is 15.5. The number of pyridine rings is 1. The molecule has 0 aliphatic carbocycles. The summed E-state index contributed by atoms with van der Waals surface area (Å²) in [6.45, 7) is 4.46. The lowest BCUT2D eigenvalue weighted by atomic mass is 10.0. The average molecular weight is 371 g/mol. The summed E-state index contributed by atoms with van der Waals surface area (Å²) in [5.41, 5.74) is 1.41. The van der Waals surface area contributed by atoms with Crippen LogP contribution in [0.3, 0.4) is 0 Å². The summed E-state index contributed by atoms with van der Waals surface area (Å²) in [5, 5.41) is 3.33. The molecule has 0 bridgehead atoms. The molecule has 2 aromatic heterocycles. The Bertz CT molecular complexity index is 1180. The molecule has 0 N–H and O–H groups in total. The molecule has 3 heterocycles. The molecule has 1 fully saturated rings. The second kappa shape index (κ2) is 7.09. The van der Waals surface area contributed by atoms with Crippen molar-refractivity contribution in [1.29, 1.82) is 0 Å². The van der Waals surface area contributed by atoms with E-state index in [0.29, 0.717) is 5.58 Å². The molecule has 1 aliphatic rings. The van der Waals surface area contributed by atoms with E-state index in [0.717, 1.165) is 60.3 Å². The minimum atomic E-state index is -0.287. The highest BCUT2D eigenvalue weighted by molar-refractivity contribution is 6.07. The van der Waals surface area contributed by atoms with E-state index in [-0.39, 0.29) is 5.63 Å². The molecule has 5 heteroatoms. The van der Waals surface area contributed by atoms with Crippen LogP contribution in [0, 0.1) is 0 Å². The van der Waals surface area contributed by atoms with E-state index in [1.165, 1.54) is 0 Å². The molecule has 0 saturated carbocycles. The van der Waals surface area contributed by atoms with Crippen molar-refractivity contribution in [2.45, 2.75) is 6.54 Å². The lowest BCUT2D eigenvalue weighted by Crippen LogP contribution is -2.46. The Labute approximate surface area is 162 Å². The Hall–Kier alpha value is -3.18. The summed E-state index contributed by atoms with van der Waals surface area (Å²) < 4.78 is 5.48. The van der Waals surface area contributed by atoms with Gasteiger partial charge in [-0.2, -0.15) is 0 Å². The van der Waals surface area contributed by atoms with Crippen LogP contribution in [-0.4, -0.2) is 36.1 Å². The number of piperazine rings is 1. The number of fused-ring (bicyclic) bond motifs is 3. The number of nitrogens with zero attached hydrogens (tertiary/aromatic N) is 3. The predicted molar refractivity (Wildman–Crippen MR) is 112 cm³/mol. The average Bonchev–Trinajstić information content (AvgIpc) is 2.74. The Balaban J connectivity index is 1.44. The maximum atomic E-state index is 12.1. The van der Waals surface area contributed by atoms with Gasteiger partial charge in [0.25, 0.3) is 0 Å². The third-order valence-electron chi connectivity index (χ3n) is 5.45. The highest BCUT2D eigenvalue weighted by atomic mass is 16.4. The van der Waals surface area contributed by atoms with Crippen molar-refractivity contribution in [1.82, 2.24) is 9.88 Å². The van der Waals surface area contributed by atoms with Gasteiger partial charge in [0.1, 0.15) is 11.4 Å². The molecule has 0 unspecified atom stereocenters. The second-order valence-corrected chi connectivity index (χ2v) is 7.20. The van der Waals surface area contributed by atoms with Crippen LogP contribution in [0.25, 0.3) is 21.7 Å². The van der Waals surface area contributed by atoms with Crippen LogP contribution in [0.2, 0.25) is 0 Å². The van der Waals surface area contributed by atoms with Crippen molar-refractivity contribution >= 4 is 27.6 Å². The molecular weight excluding hydrogens is 350 g/mol. The van der Waals surface area contributed by atoms with Gasteiger partial charge in [-0.05, 0) is 34.5 Å². The summed E-state index contributed by atoms with van der Waals surface area (Å²) in [7, 11) is 0. The predicted octanol–water partition coefficient (Wildman–Crippen LogP) is 3.66. The van der Waals surface area contributed by atoms with Gasteiger partial charge in [-0.3, -0.25) is 4.90 Å². The van der Waals surface area contributed by atoms with Crippen molar-refractivity contribution < 1.29 is 4.42 Å². The first-order valence-corrected chi connectivity index (χ1v) is 9.61. The van der Waals surface area contributed by atoms with Crippen LogP contribution in [0.1, 0.15) is 5.56 Å². The molecule has 0 spiro atoms. The van der Waals surface area contributed by atoms with Gasteiger partial charge in [-0.25, -0.2) is 9.78 Å². The third kappa shape index (κ3) is 3.14. The molecule has 140 valence electrons. The van der Waals surface area contributed by atoms with Gasteiger partial charge in [0.05, 0.1) is 0 Å². The molecule has 5 rings (SSSR count). The first-order valence-electron chi connectivity index (χ1n) is 9.61. The fourth-order valence-corrected chi connectivity index (χ4v) is 4.06. The largest absolute Gasteiger partial charge is 0.423 e. The Kier molecular flexibility index (Phi) is 4.29. The monoisotopic (exact) mass is 371 g/mol. The van der Waals surface area contributed by atoms with E-state index >= 15 is 0 Å². The molecule has 0 radical (unpaired) electrons. The first-order chi connectivity index (χ1) is 13.8. The summed E-state index contributed by atoms with van der Waals surface area (Å²) in [5.74, 6) is 1.03. The van der Waals surface area contributed by atoms with Crippen molar-refractivity contribution in [2.75, 3.05) is 31.1 Å². The molecule has 1 saturated heterocycles. The van der Waals surface area contributed by atoms with E-state index in [4.69, 9.17) is 4.42 Å². The number of anilines is 1. The van der Waals surface area contributed by atoms with Gasteiger partial charge in [0.15, 0.2) is 0 Å². The minimum absolute atomic E-state index is 0.287. The Morgan fingerprint density at radius 2 is 1.75 bits per heavy atom. The highest BCUT2D eigenvalue weighted by Gasteiger charge is 2.19. The van der Waals surface area contributed by atoms with Gasteiger partial charge < -0.3 is 9.32 Å². The first kappa shape index (κ1) is 17.0. The van der Waals surface area contributed by atoms with Gasteiger partial charge in [-0.1, -0.05) is 36.4 Å². The maximum absolute atomic E-state index is 12.1. The highest BCUT2D eigenvalue weighted by Crippen LogP contribution is 2.28. The Morgan fingerprint density at radius 1 is 0.929 bits per heavy atom. The molecule has 28 heavy (non-hydrogen) atoms. The van der Waals surface area contributed by atoms with E-state index in [1.54, 1.807) is 6.07 Å². The molecule has 5 nitrogen and oxygen atoms in total. The fraction of sp³-hybridized carbons (Fsp3) is 0.217. The molecule has 0 amide bonds. The molecule has 1 aliphatic heterocycles. The van der Waals surface area contributed by atoms with Crippen molar-refractivity contribution in [3.8, 4) is 0 Å². The number of hydrogen-bond acceptors (Lipinski definition) is 5. The van der Waals surface area contributed by atoms with Crippen LogP contribution < -0.4 is 10.5 Å². The van der Waals surface area contributed by atoms with Crippen molar-refractivity contribution in [3.63, 3.8) is 0 Å². The van der Waals surface area contributed by atoms with E-state index in [9.17, 15) is 4.79 Å².